The van der Waals surface area contributed by atoms with Crippen molar-refractivity contribution in [2.24, 2.45) is 5.73 Å². The van der Waals surface area contributed by atoms with Gasteiger partial charge in [0.05, 0.1) is 17.7 Å². The molecule has 0 aliphatic rings. The summed E-state index contributed by atoms with van der Waals surface area (Å²) >= 11 is 1.42. The van der Waals surface area contributed by atoms with Crippen molar-refractivity contribution in [1.82, 2.24) is 14.7 Å². The SMILES string of the molecule is NCc1ccc(S(=O)(=O)NCc2cscn2)nc1. The zero-order valence-corrected chi connectivity index (χ0v) is 11.0. The standard InChI is InChI=1S/C10H12N4O2S2/c11-3-8-1-2-10(12-4-8)18(15,16)14-5-9-6-17-7-13-9/h1-2,4,6-7,14H,3,5,11H2. The van der Waals surface area contributed by atoms with Crippen molar-refractivity contribution in [3.63, 3.8) is 0 Å². The molecular weight excluding hydrogens is 272 g/mol. The van der Waals surface area contributed by atoms with Gasteiger partial charge in [-0.05, 0) is 11.6 Å². The van der Waals surface area contributed by atoms with Gasteiger partial charge < -0.3 is 5.73 Å². The third-order valence-electron chi connectivity index (χ3n) is 2.24. The van der Waals surface area contributed by atoms with Gasteiger partial charge in [-0.1, -0.05) is 6.07 Å². The van der Waals surface area contributed by atoms with E-state index in [1.807, 2.05) is 0 Å². The normalized spacial score (nSPS) is 11.6. The Morgan fingerprint density at radius 3 is 2.72 bits per heavy atom. The van der Waals surface area contributed by atoms with Crippen molar-refractivity contribution < 1.29 is 8.42 Å². The maximum Gasteiger partial charge on any atom is 0.258 e. The van der Waals surface area contributed by atoms with Gasteiger partial charge >= 0.3 is 0 Å². The lowest BCUT2D eigenvalue weighted by atomic mass is 10.3. The second kappa shape index (κ2) is 5.53. The molecule has 0 aliphatic heterocycles. The largest absolute Gasteiger partial charge is 0.326 e. The average molecular weight is 284 g/mol. The molecule has 2 rings (SSSR count). The summed E-state index contributed by atoms with van der Waals surface area (Å²) in [5, 5.41) is 1.77. The Morgan fingerprint density at radius 2 is 2.17 bits per heavy atom. The van der Waals surface area contributed by atoms with E-state index in [1.54, 1.807) is 17.0 Å². The Hall–Kier alpha value is -1.35. The minimum absolute atomic E-state index is 0.0186. The number of nitrogens with zero attached hydrogens (tertiary/aromatic N) is 2. The first kappa shape index (κ1) is 13.1. The molecule has 2 heterocycles. The van der Waals surface area contributed by atoms with Gasteiger partial charge in [-0.2, -0.15) is 0 Å². The lowest BCUT2D eigenvalue weighted by Gasteiger charge is -2.05. The zero-order valence-electron chi connectivity index (χ0n) is 9.41. The highest BCUT2D eigenvalue weighted by Gasteiger charge is 2.15. The molecular formula is C10H12N4O2S2. The first-order valence-corrected chi connectivity index (χ1v) is 7.56. The number of pyridine rings is 1. The van der Waals surface area contributed by atoms with E-state index in [0.29, 0.717) is 12.2 Å². The molecule has 0 unspecified atom stereocenters. The number of nitrogens with two attached hydrogens (primary N) is 1. The maximum absolute atomic E-state index is 11.9. The second-order valence-electron chi connectivity index (χ2n) is 3.51. The minimum Gasteiger partial charge on any atom is -0.326 e. The van der Waals surface area contributed by atoms with Crippen LogP contribution >= 0.6 is 11.3 Å². The Labute approximate surface area is 109 Å². The summed E-state index contributed by atoms with van der Waals surface area (Å²) in [6.45, 7) is 0.492. The Morgan fingerprint density at radius 1 is 1.33 bits per heavy atom. The highest BCUT2D eigenvalue weighted by atomic mass is 32.2. The van der Waals surface area contributed by atoms with Gasteiger partial charge in [-0.3, -0.25) is 0 Å². The summed E-state index contributed by atoms with van der Waals surface area (Å²) in [6.07, 6.45) is 1.46. The molecule has 0 fully saturated rings. The van der Waals surface area contributed by atoms with Crippen molar-refractivity contribution in [2.45, 2.75) is 18.1 Å². The highest BCUT2D eigenvalue weighted by Crippen LogP contribution is 2.08. The number of sulfonamides is 1. The summed E-state index contributed by atoms with van der Waals surface area (Å²) in [5.74, 6) is 0. The van der Waals surface area contributed by atoms with Crippen LogP contribution in [-0.4, -0.2) is 18.4 Å². The average Bonchev–Trinajstić information content (AvgIpc) is 2.90. The third kappa shape index (κ3) is 3.10. The molecule has 2 aromatic rings. The van der Waals surface area contributed by atoms with Crippen LogP contribution in [0.4, 0.5) is 0 Å². The van der Waals surface area contributed by atoms with E-state index in [1.165, 1.54) is 23.6 Å². The summed E-state index contributed by atoms with van der Waals surface area (Å²) in [6, 6.07) is 3.08. The predicted molar refractivity (Wildman–Crippen MR) is 68.3 cm³/mol. The van der Waals surface area contributed by atoms with Crippen LogP contribution in [0.25, 0.3) is 0 Å². The zero-order chi connectivity index (χ0) is 13.0. The molecule has 18 heavy (non-hydrogen) atoms. The summed E-state index contributed by atoms with van der Waals surface area (Å²) in [4.78, 5) is 7.87. The van der Waals surface area contributed by atoms with E-state index in [0.717, 1.165) is 5.56 Å². The predicted octanol–water partition coefficient (Wildman–Crippen LogP) is 0.475. The van der Waals surface area contributed by atoms with E-state index >= 15 is 0 Å². The first-order valence-electron chi connectivity index (χ1n) is 5.13. The quantitative estimate of drug-likeness (QED) is 0.832. The Balaban J connectivity index is 2.09. The van der Waals surface area contributed by atoms with Crippen LogP contribution in [0.2, 0.25) is 0 Å². The molecule has 0 amide bonds. The fourth-order valence-electron chi connectivity index (χ4n) is 1.26. The fraction of sp³-hybridized carbons (Fsp3) is 0.200. The Kier molecular flexibility index (Phi) is 4.02. The first-order chi connectivity index (χ1) is 8.62. The molecule has 0 radical (unpaired) electrons. The van der Waals surface area contributed by atoms with Crippen LogP contribution in [0, 0.1) is 0 Å². The van der Waals surface area contributed by atoms with Gasteiger partial charge in [-0.15, -0.1) is 11.3 Å². The number of aromatic nitrogens is 2. The molecule has 0 aliphatic carbocycles. The Bertz CT molecular complexity index is 593. The minimum atomic E-state index is -3.60. The molecule has 8 heteroatoms. The van der Waals surface area contributed by atoms with Gasteiger partial charge in [0, 0.05) is 18.1 Å². The van der Waals surface area contributed by atoms with Crippen LogP contribution in [0.15, 0.2) is 34.2 Å². The van der Waals surface area contributed by atoms with Crippen LogP contribution in [0.5, 0.6) is 0 Å². The van der Waals surface area contributed by atoms with Crippen LogP contribution in [0.3, 0.4) is 0 Å². The van der Waals surface area contributed by atoms with Crippen LogP contribution in [0.1, 0.15) is 11.3 Å². The van der Waals surface area contributed by atoms with Crippen LogP contribution < -0.4 is 10.5 Å². The molecule has 0 saturated carbocycles. The van der Waals surface area contributed by atoms with Gasteiger partial charge in [0.15, 0.2) is 5.03 Å². The molecule has 0 bridgehead atoms. The van der Waals surface area contributed by atoms with E-state index in [9.17, 15) is 8.42 Å². The number of nitrogens with one attached hydrogen (secondary N) is 1. The van der Waals surface area contributed by atoms with Gasteiger partial charge in [0.25, 0.3) is 10.0 Å². The lowest BCUT2D eigenvalue weighted by molar-refractivity contribution is 0.576. The molecule has 6 nitrogen and oxygen atoms in total. The van der Waals surface area contributed by atoms with Crippen molar-refractivity contribution in [2.75, 3.05) is 0 Å². The maximum atomic E-state index is 11.9. The molecule has 0 spiro atoms. The van der Waals surface area contributed by atoms with Gasteiger partial charge in [-0.25, -0.2) is 23.1 Å². The molecule has 0 aromatic carbocycles. The number of hydrogen-bond acceptors (Lipinski definition) is 6. The monoisotopic (exact) mass is 284 g/mol. The number of thiazole rings is 1. The van der Waals surface area contributed by atoms with Crippen molar-refractivity contribution in [3.05, 3.63) is 40.5 Å². The molecule has 2 aromatic heterocycles. The van der Waals surface area contributed by atoms with E-state index in [2.05, 4.69) is 14.7 Å². The molecule has 96 valence electrons. The summed E-state index contributed by atoms with van der Waals surface area (Å²) < 4.78 is 26.2. The number of rotatable bonds is 5. The van der Waals surface area contributed by atoms with Crippen molar-refractivity contribution in [1.29, 1.82) is 0 Å². The highest BCUT2D eigenvalue weighted by molar-refractivity contribution is 7.89. The number of hydrogen-bond donors (Lipinski definition) is 2. The van der Waals surface area contributed by atoms with Gasteiger partial charge in [0.2, 0.25) is 0 Å². The third-order valence-corrected chi connectivity index (χ3v) is 4.19. The summed E-state index contributed by atoms with van der Waals surface area (Å²) in [5.41, 5.74) is 8.54. The molecule has 0 saturated heterocycles. The van der Waals surface area contributed by atoms with E-state index in [4.69, 9.17) is 5.73 Å². The topological polar surface area (TPSA) is 98.0 Å². The summed E-state index contributed by atoms with van der Waals surface area (Å²) in [7, 11) is -3.60. The van der Waals surface area contributed by atoms with Gasteiger partial charge in [0.1, 0.15) is 0 Å². The second-order valence-corrected chi connectivity index (χ2v) is 5.95. The fourth-order valence-corrected chi connectivity index (χ4v) is 2.74. The smallest absolute Gasteiger partial charge is 0.258 e. The van der Waals surface area contributed by atoms with Crippen molar-refractivity contribution >= 4 is 21.4 Å². The molecule has 3 N–H and O–H groups in total. The van der Waals surface area contributed by atoms with E-state index < -0.39 is 10.0 Å². The molecule has 0 atom stereocenters. The van der Waals surface area contributed by atoms with Crippen LogP contribution in [-0.2, 0) is 23.1 Å². The lowest BCUT2D eigenvalue weighted by Crippen LogP contribution is -2.24. The van der Waals surface area contributed by atoms with Crippen molar-refractivity contribution in [3.8, 4) is 0 Å². The van der Waals surface area contributed by atoms with E-state index in [-0.39, 0.29) is 11.6 Å².